The molecule has 0 aliphatic rings. The van der Waals surface area contributed by atoms with Crippen molar-refractivity contribution < 1.29 is 36.6 Å². The average molecular weight is 504 g/mol. The number of ether oxygens (including phenoxy) is 2. The van der Waals surface area contributed by atoms with E-state index in [4.69, 9.17) is 10.5 Å². The van der Waals surface area contributed by atoms with Crippen LogP contribution >= 0.6 is 0 Å². The Bertz CT molecular complexity index is 1440. The van der Waals surface area contributed by atoms with Crippen LogP contribution < -0.4 is 20.7 Å². The number of aromatic amines is 1. The van der Waals surface area contributed by atoms with Gasteiger partial charge in [0, 0.05) is 12.1 Å². The number of aromatic nitrogens is 3. The molecule has 0 spiro atoms. The van der Waals surface area contributed by atoms with Crippen LogP contribution in [0.15, 0.2) is 54.7 Å². The van der Waals surface area contributed by atoms with Gasteiger partial charge in [-0.15, -0.1) is 0 Å². The maximum atomic E-state index is 14.3. The van der Waals surface area contributed by atoms with Crippen LogP contribution in [0.25, 0.3) is 11.0 Å². The van der Waals surface area contributed by atoms with Crippen molar-refractivity contribution in [2.45, 2.75) is 6.18 Å². The lowest BCUT2D eigenvalue weighted by atomic mass is 10.1. The largest absolute Gasteiger partial charge is 0.453 e. The van der Waals surface area contributed by atoms with E-state index >= 15 is 0 Å². The third-order valence-electron chi connectivity index (χ3n) is 4.80. The van der Waals surface area contributed by atoms with E-state index in [0.29, 0.717) is 39.9 Å². The Kier molecular flexibility index (Phi) is 6.33. The molecule has 4 rings (SSSR count). The van der Waals surface area contributed by atoms with Crippen LogP contribution in [0.3, 0.4) is 0 Å². The molecule has 4 N–H and O–H groups in total. The molecule has 0 aliphatic carbocycles. The number of hydrogen-bond donors (Lipinski definition) is 3. The van der Waals surface area contributed by atoms with Gasteiger partial charge in [0.2, 0.25) is 11.8 Å². The molecule has 0 saturated heterocycles. The molecule has 0 unspecified atom stereocenters. The number of halogens is 4. The van der Waals surface area contributed by atoms with Gasteiger partial charge in [0.15, 0.2) is 0 Å². The van der Waals surface area contributed by atoms with Gasteiger partial charge >= 0.3 is 18.3 Å². The minimum absolute atomic E-state index is 0.0514. The fourth-order valence-electron chi connectivity index (χ4n) is 3.19. The van der Waals surface area contributed by atoms with Crippen LogP contribution in [0.1, 0.15) is 5.56 Å². The molecule has 2 heterocycles. The van der Waals surface area contributed by atoms with Crippen molar-refractivity contribution in [3.05, 3.63) is 66.1 Å². The Balaban J connectivity index is 1.57. The van der Waals surface area contributed by atoms with Crippen molar-refractivity contribution in [1.29, 1.82) is 0 Å². The first-order chi connectivity index (χ1) is 17.0. The van der Waals surface area contributed by atoms with Crippen LogP contribution in [-0.4, -0.2) is 34.2 Å². The van der Waals surface area contributed by atoms with Crippen molar-refractivity contribution in [3.8, 4) is 11.6 Å². The van der Waals surface area contributed by atoms with E-state index in [0.717, 1.165) is 6.20 Å². The summed E-state index contributed by atoms with van der Waals surface area (Å²) in [5.74, 6) is -0.564. The minimum atomic E-state index is -4.76. The van der Waals surface area contributed by atoms with Crippen LogP contribution in [-0.2, 0) is 10.9 Å². The Morgan fingerprint density at radius 1 is 1.11 bits per heavy atom. The van der Waals surface area contributed by atoms with E-state index in [2.05, 4.69) is 25.0 Å². The number of alkyl halides is 3. The first-order valence-corrected chi connectivity index (χ1v) is 10.00. The topological polar surface area (TPSA) is 135 Å². The normalized spacial score (nSPS) is 11.2. The van der Waals surface area contributed by atoms with Crippen molar-refractivity contribution in [3.63, 3.8) is 0 Å². The van der Waals surface area contributed by atoms with Gasteiger partial charge in [-0.2, -0.15) is 13.2 Å². The number of hydrogen-bond acceptors (Lipinski definition) is 6. The first kappa shape index (κ1) is 24.3. The maximum Gasteiger partial charge on any atom is 0.416 e. The van der Waals surface area contributed by atoms with Gasteiger partial charge in [-0.3, -0.25) is 10.2 Å². The smallest absolute Gasteiger partial charge is 0.416 e. The highest BCUT2D eigenvalue weighted by atomic mass is 19.4. The molecule has 4 aromatic rings. The number of nitrogens with two attached hydrogens (primary N) is 1. The number of amides is 3. The second-order valence-electron chi connectivity index (χ2n) is 7.18. The molecule has 14 heteroatoms. The maximum absolute atomic E-state index is 14.3. The quantitative estimate of drug-likeness (QED) is 0.316. The van der Waals surface area contributed by atoms with Crippen molar-refractivity contribution in [1.82, 2.24) is 15.0 Å². The Morgan fingerprint density at radius 3 is 2.53 bits per heavy atom. The van der Waals surface area contributed by atoms with Crippen LogP contribution in [0.4, 0.5) is 44.5 Å². The molecule has 36 heavy (non-hydrogen) atoms. The van der Waals surface area contributed by atoms with E-state index < -0.39 is 35.4 Å². The van der Waals surface area contributed by atoms with Crippen molar-refractivity contribution >= 4 is 40.5 Å². The number of carbonyl (C=O) groups is 2. The summed E-state index contributed by atoms with van der Waals surface area (Å²) in [5.41, 5.74) is 4.44. The number of carbonyl (C=O) groups excluding carboxylic acids is 2. The Hall–Kier alpha value is -4.88. The highest BCUT2D eigenvalue weighted by Crippen LogP contribution is 2.36. The number of benzene rings is 2. The summed E-state index contributed by atoms with van der Waals surface area (Å²) in [6.07, 6.45) is -4.37. The zero-order valence-electron chi connectivity index (χ0n) is 18.3. The summed E-state index contributed by atoms with van der Waals surface area (Å²) < 4.78 is 63.7. The van der Waals surface area contributed by atoms with E-state index in [1.54, 1.807) is 18.2 Å². The number of primary amides is 1. The third-order valence-corrected chi connectivity index (χ3v) is 4.80. The van der Waals surface area contributed by atoms with Crippen LogP contribution in [0.5, 0.6) is 11.6 Å². The number of anilines is 3. The fraction of sp³-hybridized carbons (Fsp3) is 0.0909. The first-order valence-electron chi connectivity index (χ1n) is 10.00. The number of imidazole rings is 1. The van der Waals surface area contributed by atoms with Crippen LogP contribution in [0.2, 0.25) is 0 Å². The Labute approximate surface area is 199 Å². The molecule has 0 aliphatic heterocycles. The van der Waals surface area contributed by atoms with Gasteiger partial charge in [-0.25, -0.2) is 23.9 Å². The SMILES string of the molecule is COC(=O)Nc1nc2cc(Oc3ccc(N(C(N)=O)c4cc(C(F)(F)F)ccc4F)cn3)ccc2[nH]1. The second-order valence-corrected chi connectivity index (χ2v) is 7.18. The van der Waals surface area contributed by atoms with E-state index in [9.17, 15) is 27.2 Å². The summed E-state index contributed by atoms with van der Waals surface area (Å²) in [4.78, 5) is 35.0. The summed E-state index contributed by atoms with van der Waals surface area (Å²) >= 11 is 0. The molecule has 10 nitrogen and oxygen atoms in total. The highest BCUT2D eigenvalue weighted by molar-refractivity contribution is 5.98. The Morgan fingerprint density at radius 2 is 1.89 bits per heavy atom. The van der Waals surface area contributed by atoms with E-state index in [1.807, 2.05) is 0 Å². The molecular weight excluding hydrogens is 488 g/mol. The number of H-pyrrole nitrogens is 1. The summed E-state index contributed by atoms with van der Waals surface area (Å²) in [6, 6.07) is 7.78. The average Bonchev–Trinajstić information content (AvgIpc) is 3.22. The third kappa shape index (κ3) is 5.11. The predicted molar refractivity (Wildman–Crippen MR) is 120 cm³/mol. The van der Waals surface area contributed by atoms with Gasteiger partial charge < -0.3 is 20.2 Å². The lowest BCUT2D eigenvalue weighted by Crippen LogP contribution is -2.32. The number of pyridine rings is 1. The molecule has 2 aromatic carbocycles. The molecule has 0 saturated carbocycles. The number of nitrogens with one attached hydrogen (secondary N) is 2. The molecule has 3 amide bonds. The molecular formula is C22H16F4N6O4. The van der Waals surface area contributed by atoms with Crippen molar-refractivity contribution in [2.24, 2.45) is 5.73 Å². The monoisotopic (exact) mass is 504 g/mol. The van der Waals surface area contributed by atoms with E-state index in [1.165, 1.54) is 19.2 Å². The van der Waals surface area contributed by atoms with Gasteiger partial charge in [-0.1, -0.05) is 0 Å². The van der Waals surface area contributed by atoms with Gasteiger partial charge in [0.25, 0.3) is 0 Å². The lowest BCUT2D eigenvalue weighted by Gasteiger charge is -2.22. The fourth-order valence-corrected chi connectivity index (χ4v) is 3.19. The highest BCUT2D eigenvalue weighted by Gasteiger charge is 2.32. The molecule has 0 radical (unpaired) electrons. The predicted octanol–water partition coefficient (Wildman–Crippen LogP) is 5.30. The molecule has 186 valence electrons. The molecule has 0 bridgehead atoms. The second kappa shape index (κ2) is 9.40. The van der Waals surface area contributed by atoms with Crippen molar-refractivity contribution in [2.75, 3.05) is 17.3 Å². The minimum Gasteiger partial charge on any atom is -0.453 e. The van der Waals surface area contributed by atoms with Gasteiger partial charge in [-0.05, 0) is 36.4 Å². The molecule has 0 atom stereocenters. The number of methoxy groups -OCH3 is 1. The number of fused-ring (bicyclic) bond motifs is 1. The lowest BCUT2D eigenvalue weighted by molar-refractivity contribution is -0.137. The zero-order valence-corrected chi connectivity index (χ0v) is 18.3. The number of nitrogens with zero attached hydrogens (tertiary/aromatic N) is 3. The summed E-state index contributed by atoms with van der Waals surface area (Å²) in [5, 5.41) is 2.39. The molecule has 0 fully saturated rings. The van der Waals surface area contributed by atoms with Gasteiger partial charge in [0.1, 0.15) is 11.6 Å². The molecule has 2 aromatic heterocycles. The van der Waals surface area contributed by atoms with Crippen LogP contribution in [0, 0.1) is 5.82 Å². The van der Waals surface area contributed by atoms with E-state index in [-0.39, 0.29) is 17.5 Å². The standard InChI is InChI=1S/C22H16F4N6O4/c1-35-21(34)31-20-29-15-6-4-13(9-16(15)30-20)36-18-7-3-12(10-28-18)32(19(27)33)17-8-11(22(24,25)26)2-5-14(17)23/h2-10H,1H3,(H2,27,33)(H2,29,30,31,34). The zero-order chi connectivity index (χ0) is 26.0. The van der Waals surface area contributed by atoms with Gasteiger partial charge in [0.05, 0.1) is 41.3 Å². The summed E-state index contributed by atoms with van der Waals surface area (Å²) in [7, 11) is 1.21. The summed E-state index contributed by atoms with van der Waals surface area (Å²) in [6.45, 7) is 0. The number of urea groups is 1. The number of rotatable bonds is 5.